The Morgan fingerprint density at radius 3 is 2.44 bits per heavy atom. The van der Waals surface area contributed by atoms with E-state index in [9.17, 15) is 14.0 Å². The summed E-state index contributed by atoms with van der Waals surface area (Å²) >= 11 is 0. The predicted molar refractivity (Wildman–Crippen MR) is 132 cm³/mol. The van der Waals surface area contributed by atoms with Crippen LogP contribution in [0.2, 0.25) is 0 Å². The highest BCUT2D eigenvalue weighted by molar-refractivity contribution is 6.47. The quantitative estimate of drug-likeness (QED) is 0.375. The van der Waals surface area contributed by atoms with E-state index in [2.05, 4.69) is 5.32 Å². The Labute approximate surface area is 199 Å². The van der Waals surface area contributed by atoms with Crippen molar-refractivity contribution in [1.29, 1.82) is 0 Å². The number of hydrogen-bond acceptors (Lipinski definition) is 4. The van der Waals surface area contributed by atoms with Crippen LogP contribution in [0.4, 0.5) is 15.8 Å². The zero-order valence-electron chi connectivity index (χ0n) is 19.6. The Morgan fingerprint density at radius 1 is 1.03 bits per heavy atom. The van der Waals surface area contributed by atoms with Crippen LogP contribution < -0.4 is 10.2 Å². The maximum atomic E-state index is 14.8. The van der Waals surface area contributed by atoms with E-state index in [-0.39, 0.29) is 5.69 Å². The third-order valence-corrected chi connectivity index (χ3v) is 6.23. The third-order valence-electron chi connectivity index (χ3n) is 6.23. The van der Waals surface area contributed by atoms with Crippen molar-refractivity contribution in [2.24, 2.45) is 0 Å². The number of methoxy groups -OCH3 is 1. The fraction of sp³-hybridized carbons (Fsp3) is 0.333. The molecule has 2 aromatic carbocycles. The van der Waals surface area contributed by atoms with Crippen molar-refractivity contribution in [3.63, 3.8) is 0 Å². The van der Waals surface area contributed by atoms with E-state index in [4.69, 9.17) is 4.74 Å². The lowest BCUT2D eigenvalue weighted by Crippen LogP contribution is -2.30. The van der Waals surface area contributed by atoms with Crippen LogP contribution in [0.3, 0.4) is 0 Å². The van der Waals surface area contributed by atoms with Gasteiger partial charge in [0.05, 0.1) is 12.3 Å². The number of carbonyl (C=O) groups is 2. The smallest absolute Gasteiger partial charge is 0.298 e. The minimum atomic E-state index is -0.806. The molecule has 0 spiro atoms. The molecule has 1 saturated heterocycles. The van der Waals surface area contributed by atoms with E-state index in [0.29, 0.717) is 30.1 Å². The maximum Gasteiger partial charge on any atom is 0.298 e. The Bertz CT molecular complexity index is 1170. The number of aromatic nitrogens is 1. The number of aryl methyl sites for hydroxylation is 1. The number of ketones is 1. The van der Waals surface area contributed by atoms with Gasteiger partial charge >= 0.3 is 0 Å². The largest absolute Gasteiger partial charge is 0.383 e. The Morgan fingerprint density at radius 2 is 1.76 bits per heavy atom. The second-order valence-corrected chi connectivity index (χ2v) is 8.56. The Hall–Kier alpha value is -3.45. The predicted octanol–water partition coefficient (Wildman–Crippen LogP) is 5.06. The van der Waals surface area contributed by atoms with Crippen molar-refractivity contribution in [2.75, 3.05) is 37.0 Å². The maximum absolute atomic E-state index is 14.8. The van der Waals surface area contributed by atoms with E-state index in [1.165, 1.54) is 6.07 Å². The first-order chi connectivity index (χ1) is 16.5. The van der Waals surface area contributed by atoms with Gasteiger partial charge in [-0.05, 0) is 56.0 Å². The zero-order chi connectivity index (χ0) is 24.1. The monoisotopic (exact) mass is 463 g/mol. The summed E-state index contributed by atoms with van der Waals surface area (Å²) in [5, 5.41) is 2.59. The first-order valence-electron chi connectivity index (χ1n) is 11.6. The number of carbonyl (C=O) groups excluding carboxylic acids is 2. The van der Waals surface area contributed by atoms with Crippen LogP contribution in [-0.4, -0.2) is 43.1 Å². The summed E-state index contributed by atoms with van der Waals surface area (Å²) in [4.78, 5) is 28.4. The van der Waals surface area contributed by atoms with Crippen LogP contribution in [0.25, 0.3) is 11.1 Å². The molecule has 0 unspecified atom stereocenters. The van der Waals surface area contributed by atoms with Gasteiger partial charge in [-0.25, -0.2) is 4.39 Å². The molecule has 2 heterocycles. The number of halogens is 1. The first kappa shape index (κ1) is 23.7. The lowest BCUT2D eigenvalue weighted by molar-refractivity contribution is -0.112. The van der Waals surface area contributed by atoms with Crippen LogP contribution in [0.15, 0.2) is 54.6 Å². The number of Topliss-reactive ketones (excluding diaryl/α,β-unsaturated/α-hetero) is 1. The van der Waals surface area contributed by atoms with Crippen molar-refractivity contribution in [3.05, 3.63) is 71.8 Å². The Balaban J connectivity index is 1.60. The number of nitrogens with zero attached hydrogens (tertiary/aromatic N) is 2. The molecule has 0 bridgehead atoms. The molecule has 0 atom stereocenters. The molecule has 0 radical (unpaired) electrons. The van der Waals surface area contributed by atoms with Crippen LogP contribution in [-0.2, 0) is 16.1 Å². The minimum absolute atomic E-state index is 0.254. The summed E-state index contributed by atoms with van der Waals surface area (Å²) in [6.07, 6.45) is 3.24. The highest BCUT2D eigenvalue weighted by Gasteiger charge is 2.26. The molecule has 0 aliphatic carbocycles. The summed E-state index contributed by atoms with van der Waals surface area (Å²) in [6, 6.07) is 16.0. The average Bonchev–Trinajstić information content (AvgIpc) is 3.19. The van der Waals surface area contributed by atoms with Crippen LogP contribution in [0.5, 0.6) is 0 Å². The molecule has 1 aliphatic heterocycles. The van der Waals surface area contributed by atoms with E-state index in [1.54, 1.807) is 23.8 Å². The van der Waals surface area contributed by atoms with Crippen molar-refractivity contribution < 1.29 is 18.7 Å². The van der Waals surface area contributed by atoms with Gasteiger partial charge in [0, 0.05) is 43.7 Å². The summed E-state index contributed by atoms with van der Waals surface area (Å²) in [5.74, 6) is -1.89. The SMILES string of the molecule is COCCn1c(C)cc(-c2ccccc2)c1C(=O)C(=O)Nc1ccc(N2CCCCC2)c(F)c1. The molecule has 1 aliphatic rings. The number of piperidine rings is 1. The number of ether oxygens (including phenoxy) is 1. The van der Waals surface area contributed by atoms with Gasteiger partial charge in [0.15, 0.2) is 0 Å². The molecule has 1 amide bonds. The highest BCUT2D eigenvalue weighted by atomic mass is 19.1. The van der Waals surface area contributed by atoms with E-state index < -0.39 is 17.5 Å². The van der Waals surface area contributed by atoms with Gasteiger partial charge in [-0.2, -0.15) is 0 Å². The van der Waals surface area contributed by atoms with Crippen molar-refractivity contribution >= 4 is 23.1 Å². The minimum Gasteiger partial charge on any atom is -0.383 e. The van der Waals surface area contributed by atoms with Gasteiger partial charge in [0.25, 0.3) is 11.7 Å². The van der Waals surface area contributed by atoms with Crippen molar-refractivity contribution in [3.8, 4) is 11.1 Å². The molecule has 6 nitrogen and oxygen atoms in total. The fourth-order valence-corrected chi connectivity index (χ4v) is 4.50. The van der Waals surface area contributed by atoms with E-state index in [1.807, 2.05) is 48.2 Å². The molecule has 178 valence electrons. The number of nitrogens with one attached hydrogen (secondary N) is 1. The molecule has 4 rings (SSSR count). The second-order valence-electron chi connectivity index (χ2n) is 8.56. The van der Waals surface area contributed by atoms with Gasteiger partial charge in [-0.15, -0.1) is 0 Å². The summed E-state index contributed by atoms with van der Waals surface area (Å²) < 4.78 is 21.8. The first-order valence-corrected chi connectivity index (χ1v) is 11.6. The van der Waals surface area contributed by atoms with Crippen LogP contribution >= 0.6 is 0 Å². The standard InChI is InChI=1S/C27H30FN3O3/c1-19-17-22(20-9-5-3-6-10-20)25(31(19)15-16-34-2)26(32)27(33)29-21-11-12-24(23(28)18-21)30-13-7-4-8-14-30/h3,5-6,9-12,17-18H,4,7-8,13-16H2,1-2H3,(H,29,33). The lowest BCUT2D eigenvalue weighted by Gasteiger charge is -2.29. The summed E-state index contributed by atoms with van der Waals surface area (Å²) in [7, 11) is 1.59. The number of benzene rings is 2. The molecule has 1 aromatic heterocycles. The number of amides is 1. The molecule has 1 N–H and O–H groups in total. The highest BCUT2D eigenvalue weighted by Crippen LogP contribution is 2.29. The molecule has 3 aromatic rings. The van der Waals surface area contributed by atoms with E-state index >= 15 is 0 Å². The van der Waals surface area contributed by atoms with Gasteiger partial charge < -0.3 is 19.5 Å². The number of anilines is 2. The lowest BCUT2D eigenvalue weighted by atomic mass is 10.0. The van der Waals surface area contributed by atoms with E-state index in [0.717, 1.165) is 43.6 Å². The molecular formula is C27H30FN3O3. The van der Waals surface area contributed by atoms with Crippen LogP contribution in [0.1, 0.15) is 35.4 Å². The topological polar surface area (TPSA) is 63.6 Å². The summed E-state index contributed by atoms with van der Waals surface area (Å²) in [5.41, 5.74) is 3.45. The van der Waals surface area contributed by atoms with Crippen molar-refractivity contribution in [1.82, 2.24) is 4.57 Å². The molecule has 7 heteroatoms. The molecular weight excluding hydrogens is 433 g/mol. The van der Waals surface area contributed by atoms with Gasteiger partial charge in [-0.1, -0.05) is 30.3 Å². The zero-order valence-corrected chi connectivity index (χ0v) is 19.6. The summed E-state index contributed by atoms with van der Waals surface area (Å²) in [6.45, 7) is 4.37. The average molecular weight is 464 g/mol. The van der Waals surface area contributed by atoms with Gasteiger partial charge in [0.2, 0.25) is 0 Å². The fourth-order valence-electron chi connectivity index (χ4n) is 4.50. The van der Waals surface area contributed by atoms with Gasteiger partial charge in [-0.3, -0.25) is 9.59 Å². The molecule has 1 fully saturated rings. The second kappa shape index (κ2) is 10.7. The number of hydrogen-bond donors (Lipinski definition) is 1. The third kappa shape index (κ3) is 5.04. The van der Waals surface area contributed by atoms with Crippen LogP contribution in [0, 0.1) is 12.7 Å². The normalized spacial score (nSPS) is 13.7. The Kier molecular flexibility index (Phi) is 7.43. The molecule has 34 heavy (non-hydrogen) atoms. The van der Waals surface area contributed by atoms with Gasteiger partial charge in [0.1, 0.15) is 11.5 Å². The van der Waals surface area contributed by atoms with Crippen molar-refractivity contribution in [2.45, 2.75) is 32.7 Å². The molecule has 0 saturated carbocycles. The number of rotatable bonds is 8.